The highest BCUT2D eigenvalue weighted by Crippen LogP contribution is 2.32. The topological polar surface area (TPSA) is 72.5 Å². The Morgan fingerprint density at radius 2 is 2.27 bits per heavy atom. The van der Waals surface area contributed by atoms with Crippen molar-refractivity contribution in [2.24, 2.45) is 5.73 Å². The van der Waals surface area contributed by atoms with Gasteiger partial charge < -0.3 is 15.6 Å². The van der Waals surface area contributed by atoms with Gasteiger partial charge in [0.1, 0.15) is 17.6 Å². The van der Waals surface area contributed by atoms with Gasteiger partial charge in [-0.1, -0.05) is 11.6 Å². The lowest BCUT2D eigenvalue weighted by molar-refractivity contribution is -0.142. The van der Waals surface area contributed by atoms with Crippen LogP contribution in [0, 0.1) is 5.82 Å². The van der Waals surface area contributed by atoms with Gasteiger partial charge in [-0.15, -0.1) is 0 Å². The van der Waals surface area contributed by atoms with Gasteiger partial charge in [-0.05, 0) is 12.1 Å². The van der Waals surface area contributed by atoms with Crippen molar-refractivity contribution in [1.82, 2.24) is 0 Å². The maximum atomic E-state index is 12.9. The summed E-state index contributed by atoms with van der Waals surface area (Å²) in [4.78, 5) is 11.1. The molecule has 3 N–H and O–H groups in total. The first-order valence-corrected chi connectivity index (χ1v) is 4.36. The first-order chi connectivity index (χ1) is 6.97. The van der Waals surface area contributed by atoms with Gasteiger partial charge in [0.2, 0.25) is 0 Å². The molecule has 1 aromatic rings. The van der Waals surface area contributed by atoms with Crippen molar-refractivity contribution in [2.45, 2.75) is 6.04 Å². The second-order valence-electron chi connectivity index (χ2n) is 2.83. The number of nitrogens with two attached hydrogens (primary N) is 1. The Bertz CT molecular complexity index is 397. The lowest BCUT2D eigenvalue weighted by atomic mass is 10.1. The number of carbonyl (C=O) groups is 1. The molecule has 0 aliphatic carbocycles. The Morgan fingerprint density at radius 3 is 2.80 bits per heavy atom. The summed E-state index contributed by atoms with van der Waals surface area (Å²) in [5.74, 6) is -1.89. The summed E-state index contributed by atoms with van der Waals surface area (Å²) < 4.78 is 17.3. The normalized spacial score (nSPS) is 12.3. The molecular formula is C9H9ClFNO3. The SMILES string of the molecule is COC(=O)[C@@H](N)c1cc(F)cc(Cl)c1O. The summed E-state index contributed by atoms with van der Waals surface area (Å²) in [6, 6.07) is 0.593. The second-order valence-corrected chi connectivity index (χ2v) is 3.23. The first kappa shape index (κ1) is 11.7. The van der Waals surface area contributed by atoms with E-state index in [1.807, 2.05) is 0 Å². The smallest absolute Gasteiger partial charge is 0.327 e. The highest BCUT2D eigenvalue weighted by molar-refractivity contribution is 6.32. The summed E-state index contributed by atoms with van der Waals surface area (Å²) in [5.41, 5.74) is 5.32. The van der Waals surface area contributed by atoms with Crippen molar-refractivity contribution in [3.8, 4) is 5.75 Å². The molecule has 0 fully saturated rings. The number of benzene rings is 1. The lowest BCUT2D eigenvalue weighted by Gasteiger charge is -2.12. The summed E-state index contributed by atoms with van der Waals surface area (Å²) >= 11 is 5.51. The van der Waals surface area contributed by atoms with Crippen molar-refractivity contribution < 1.29 is 19.0 Å². The highest BCUT2D eigenvalue weighted by Gasteiger charge is 2.22. The van der Waals surface area contributed by atoms with Crippen molar-refractivity contribution in [2.75, 3.05) is 7.11 Å². The van der Waals surface area contributed by atoms with E-state index in [2.05, 4.69) is 4.74 Å². The maximum absolute atomic E-state index is 12.9. The van der Waals surface area contributed by atoms with Gasteiger partial charge in [0.15, 0.2) is 0 Å². The predicted molar refractivity (Wildman–Crippen MR) is 52.0 cm³/mol. The molecule has 0 saturated heterocycles. The molecular weight excluding hydrogens is 225 g/mol. The molecule has 15 heavy (non-hydrogen) atoms. The number of hydrogen-bond acceptors (Lipinski definition) is 4. The molecule has 0 aliphatic heterocycles. The van der Waals surface area contributed by atoms with Gasteiger partial charge in [0.05, 0.1) is 12.1 Å². The Kier molecular flexibility index (Phi) is 3.49. The molecule has 0 radical (unpaired) electrons. The fourth-order valence-electron chi connectivity index (χ4n) is 1.08. The molecule has 0 unspecified atom stereocenters. The average molecular weight is 234 g/mol. The molecule has 0 aromatic heterocycles. The van der Waals surface area contributed by atoms with Crippen LogP contribution in [-0.2, 0) is 9.53 Å². The van der Waals surface area contributed by atoms with E-state index in [9.17, 15) is 14.3 Å². The van der Waals surface area contributed by atoms with Crippen LogP contribution < -0.4 is 5.73 Å². The van der Waals surface area contributed by atoms with Crippen molar-refractivity contribution in [1.29, 1.82) is 0 Å². The van der Waals surface area contributed by atoms with Gasteiger partial charge in [-0.3, -0.25) is 4.79 Å². The van der Waals surface area contributed by atoms with Crippen LogP contribution in [0.15, 0.2) is 12.1 Å². The Morgan fingerprint density at radius 1 is 1.67 bits per heavy atom. The predicted octanol–water partition coefficient (Wildman–Crippen LogP) is 1.36. The fourth-order valence-corrected chi connectivity index (χ4v) is 1.29. The number of aromatic hydroxyl groups is 1. The number of methoxy groups -OCH3 is 1. The Hall–Kier alpha value is -1.33. The van der Waals surface area contributed by atoms with Crippen molar-refractivity contribution >= 4 is 17.6 Å². The number of halogens is 2. The third-order valence-corrected chi connectivity index (χ3v) is 2.14. The molecule has 1 aromatic carbocycles. The van der Waals surface area contributed by atoms with Gasteiger partial charge in [0.25, 0.3) is 0 Å². The molecule has 1 atom stereocenters. The molecule has 0 saturated carbocycles. The summed E-state index contributed by atoms with van der Waals surface area (Å²) in [6.45, 7) is 0. The Labute approximate surface area is 90.4 Å². The number of ether oxygens (including phenoxy) is 1. The quantitative estimate of drug-likeness (QED) is 0.757. The monoisotopic (exact) mass is 233 g/mol. The number of phenols is 1. The number of esters is 1. The van der Waals surface area contributed by atoms with Gasteiger partial charge in [-0.25, -0.2) is 4.39 Å². The van der Waals surface area contributed by atoms with Gasteiger partial charge >= 0.3 is 5.97 Å². The van der Waals surface area contributed by atoms with Crippen LogP contribution >= 0.6 is 11.6 Å². The molecule has 0 aliphatic rings. The van der Waals surface area contributed by atoms with Crippen molar-refractivity contribution in [3.05, 3.63) is 28.5 Å². The first-order valence-electron chi connectivity index (χ1n) is 3.98. The average Bonchev–Trinajstić information content (AvgIpc) is 2.21. The minimum absolute atomic E-state index is 0.105. The van der Waals surface area contributed by atoms with E-state index in [4.69, 9.17) is 17.3 Å². The van der Waals surface area contributed by atoms with E-state index in [0.717, 1.165) is 19.2 Å². The van der Waals surface area contributed by atoms with E-state index >= 15 is 0 Å². The number of rotatable bonds is 2. The number of phenolic OH excluding ortho intramolecular Hbond substituents is 1. The van der Waals surface area contributed by atoms with Crippen molar-refractivity contribution in [3.63, 3.8) is 0 Å². The summed E-state index contributed by atoms with van der Waals surface area (Å²) in [6.07, 6.45) is 0. The van der Waals surface area contributed by atoms with Gasteiger partial charge in [0, 0.05) is 5.56 Å². The fraction of sp³-hybridized carbons (Fsp3) is 0.222. The van der Waals surface area contributed by atoms with Crippen LogP contribution in [0.25, 0.3) is 0 Å². The van der Waals surface area contributed by atoms with Crippen LogP contribution in [0.1, 0.15) is 11.6 Å². The zero-order chi connectivity index (χ0) is 11.6. The molecule has 0 spiro atoms. The molecule has 1 rings (SSSR count). The zero-order valence-corrected chi connectivity index (χ0v) is 8.58. The second kappa shape index (κ2) is 4.46. The molecule has 82 valence electrons. The summed E-state index contributed by atoms with van der Waals surface area (Å²) in [5, 5.41) is 9.25. The molecule has 0 amide bonds. The maximum Gasteiger partial charge on any atom is 0.327 e. The largest absolute Gasteiger partial charge is 0.506 e. The van der Waals surface area contributed by atoms with Crippen LogP contribution in [0.5, 0.6) is 5.75 Å². The van der Waals surface area contributed by atoms with Crippen LogP contribution in [0.3, 0.4) is 0 Å². The molecule has 0 bridgehead atoms. The zero-order valence-electron chi connectivity index (χ0n) is 7.83. The minimum atomic E-state index is -1.26. The minimum Gasteiger partial charge on any atom is -0.506 e. The standard InChI is InChI=1S/C9H9ClFNO3/c1-15-9(14)7(12)5-2-4(11)3-6(10)8(5)13/h2-3,7,13H,12H2,1H3/t7-/m0/s1. The molecule has 4 nitrogen and oxygen atoms in total. The van der Waals surface area contributed by atoms with Crippen LogP contribution in [-0.4, -0.2) is 18.2 Å². The highest BCUT2D eigenvalue weighted by atomic mass is 35.5. The third kappa shape index (κ3) is 2.37. The number of carbonyl (C=O) groups excluding carboxylic acids is 1. The lowest BCUT2D eigenvalue weighted by Crippen LogP contribution is -2.22. The molecule has 0 heterocycles. The van der Waals surface area contributed by atoms with Crippen LogP contribution in [0.2, 0.25) is 5.02 Å². The van der Waals surface area contributed by atoms with E-state index in [1.165, 1.54) is 0 Å². The van der Waals surface area contributed by atoms with Crippen LogP contribution in [0.4, 0.5) is 4.39 Å². The van der Waals surface area contributed by atoms with E-state index < -0.39 is 23.6 Å². The Balaban J connectivity index is 3.19. The summed E-state index contributed by atoms with van der Waals surface area (Å²) in [7, 11) is 1.14. The molecule has 6 heteroatoms. The number of hydrogen-bond donors (Lipinski definition) is 2. The van der Waals surface area contributed by atoms with Gasteiger partial charge in [-0.2, -0.15) is 0 Å². The van der Waals surface area contributed by atoms with E-state index in [1.54, 1.807) is 0 Å². The van der Waals surface area contributed by atoms with E-state index in [-0.39, 0.29) is 10.6 Å². The van der Waals surface area contributed by atoms with E-state index in [0.29, 0.717) is 0 Å². The third-order valence-electron chi connectivity index (χ3n) is 1.85.